The smallest absolute Gasteiger partial charge is 0.298 e. The lowest BCUT2D eigenvalue weighted by Crippen LogP contribution is -2.32. The van der Waals surface area contributed by atoms with E-state index in [0.717, 1.165) is 35.4 Å². The van der Waals surface area contributed by atoms with Crippen LogP contribution in [0.2, 0.25) is 0 Å². The van der Waals surface area contributed by atoms with Crippen molar-refractivity contribution >= 4 is 33.4 Å². The van der Waals surface area contributed by atoms with Crippen LogP contribution in [0.4, 0.5) is 5.13 Å². The molecule has 1 aliphatic rings. The molecule has 4 aromatic rings. The van der Waals surface area contributed by atoms with Gasteiger partial charge in [-0.3, -0.25) is 24.5 Å². The number of anilines is 1. The highest BCUT2D eigenvalue weighted by atomic mass is 32.1. The molecule has 3 aromatic heterocycles. The summed E-state index contributed by atoms with van der Waals surface area (Å²) in [6.45, 7) is 4.36. The number of amides is 1. The summed E-state index contributed by atoms with van der Waals surface area (Å²) < 4.78 is 1.44. The Morgan fingerprint density at radius 1 is 1.24 bits per heavy atom. The van der Waals surface area contributed by atoms with E-state index in [1.54, 1.807) is 6.07 Å². The topological polar surface area (TPSA) is 110 Å². The van der Waals surface area contributed by atoms with Gasteiger partial charge in [0.1, 0.15) is 0 Å². The number of thiazole rings is 1. The summed E-state index contributed by atoms with van der Waals surface area (Å²) in [6.07, 6.45) is 2.65. The van der Waals surface area contributed by atoms with Gasteiger partial charge in [-0.25, -0.2) is 14.8 Å². The molecule has 0 spiro atoms. The normalized spacial score (nSPS) is 13.4. The average molecular weight is 462 g/mol. The van der Waals surface area contributed by atoms with E-state index in [0.29, 0.717) is 18.1 Å². The highest BCUT2D eigenvalue weighted by molar-refractivity contribution is 7.14. The fraction of sp³-hybridized carbons (Fsp3) is 0.292. The molecule has 5 rings (SSSR count). The van der Waals surface area contributed by atoms with Crippen molar-refractivity contribution in [1.82, 2.24) is 19.5 Å². The maximum Gasteiger partial charge on any atom is 0.329 e. The van der Waals surface area contributed by atoms with Crippen molar-refractivity contribution in [2.24, 2.45) is 0 Å². The number of carbonyl (C=O) groups is 1. The number of nitrogens with one attached hydrogen (secondary N) is 2. The molecule has 33 heavy (non-hydrogen) atoms. The first-order chi connectivity index (χ1) is 16.0. The van der Waals surface area contributed by atoms with Gasteiger partial charge in [0, 0.05) is 29.1 Å². The number of H-pyrrole nitrogens is 1. The fourth-order valence-electron chi connectivity index (χ4n) is 3.97. The molecule has 0 aliphatic heterocycles. The summed E-state index contributed by atoms with van der Waals surface area (Å²) in [4.78, 5) is 50.1. The highest BCUT2D eigenvalue weighted by Crippen LogP contribution is 2.40. The summed E-state index contributed by atoms with van der Waals surface area (Å²) in [6, 6.07) is 9.60. The van der Waals surface area contributed by atoms with Gasteiger partial charge >= 0.3 is 5.69 Å². The van der Waals surface area contributed by atoms with Crippen molar-refractivity contribution in [3.05, 3.63) is 73.4 Å². The maximum absolute atomic E-state index is 13.3. The van der Waals surface area contributed by atoms with Crippen molar-refractivity contribution in [2.45, 2.75) is 45.6 Å². The standard InChI is InChI=1S/C24H23N5O3S/c1-3-10-29-20-19(22(31)28-24(29)32)16(11-17(25-20)14-8-9-14)21(30)27-23-26-18(12-33-23)15-7-5-4-6-13(15)2/h4-7,11-12,14H,3,8-10H2,1-2H3,(H,26,27,30)(H,28,31,32). The van der Waals surface area contributed by atoms with Crippen LogP contribution in [-0.4, -0.2) is 25.4 Å². The molecule has 1 amide bonds. The molecule has 9 heteroatoms. The number of carbonyl (C=O) groups excluding carboxylic acids is 1. The van der Waals surface area contributed by atoms with Crippen molar-refractivity contribution in [3.8, 4) is 11.3 Å². The Morgan fingerprint density at radius 2 is 2.03 bits per heavy atom. The maximum atomic E-state index is 13.3. The van der Waals surface area contributed by atoms with Gasteiger partial charge in [-0.05, 0) is 37.8 Å². The van der Waals surface area contributed by atoms with Gasteiger partial charge in [-0.1, -0.05) is 31.2 Å². The van der Waals surface area contributed by atoms with Gasteiger partial charge < -0.3 is 0 Å². The molecule has 1 fully saturated rings. The summed E-state index contributed by atoms with van der Waals surface area (Å²) in [5.41, 5.74) is 2.96. The first kappa shape index (κ1) is 21.3. The highest BCUT2D eigenvalue weighted by Gasteiger charge is 2.29. The van der Waals surface area contributed by atoms with E-state index in [9.17, 15) is 14.4 Å². The number of hydrogen-bond donors (Lipinski definition) is 2. The third-order valence-corrected chi connectivity index (χ3v) is 6.56. The number of fused-ring (bicyclic) bond motifs is 1. The number of aryl methyl sites for hydroxylation is 2. The summed E-state index contributed by atoms with van der Waals surface area (Å²) >= 11 is 1.32. The second-order valence-corrected chi connectivity index (χ2v) is 9.14. The number of aromatic nitrogens is 4. The van der Waals surface area contributed by atoms with Crippen LogP contribution in [0.1, 0.15) is 53.7 Å². The Balaban J connectivity index is 1.58. The summed E-state index contributed by atoms with van der Waals surface area (Å²) in [7, 11) is 0. The minimum atomic E-state index is -0.609. The quantitative estimate of drug-likeness (QED) is 0.450. The van der Waals surface area contributed by atoms with Crippen molar-refractivity contribution in [1.29, 1.82) is 0 Å². The van der Waals surface area contributed by atoms with E-state index in [4.69, 9.17) is 0 Å². The first-order valence-electron chi connectivity index (χ1n) is 11.0. The lowest BCUT2D eigenvalue weighted by molar-refractivity contribution is 0.102. The number of nitrogens with zero attached hydrogens (tertiary/aromatic N) is 3. The van der Waals surface area contributed by atoms with Crippen LogP contribution in [0.25, 0.3) is 22.3 Å². The van der Waals surface area contributed by atoms with Gasteiger partial charge in [0.05, 0.1) is 16.6 Å². The molecule has 0 unspecified atom stereocenters. The van der Waals surface area contributed by atoms with Crippen LogP contribution >= 0.6 is 11.3 Å². The summed E-state index contributed by atoms with van der Waals surface area (Å²) in [5, 5.41) is 5.30. The molecular formula is C24H23N5O3S. The third kappa shape index (κ3) is 4.00. The minimum Gasteiger partial charge on any atom is -0.298 e. The lowest BCUT2D eigenvalue weighted by atomic mass is 10.1. The zero-order chi connectivity index (χ0) is 23.1. The molecule has 1 aromatic carbocycles. The number of pyridine rings is 1. The van der Waals surface area contributed by atoms with Crippen LogP contribution in [0.15, 0.2) is 45.3 Å². The Bertz CT molecular complexity index is 1500. The fourth-order valence-corrected chi connectivity index (χ4v) is 4.68. The predicted octanol–water partition coefficient (Wildman–Crippen LogP) is 4.06. The minimum absolute atomic E-state index is 0.126. The van der Waals surface area contributed by atoms with Gasteiger partial charge in [0.2, 0.25) is 0 Å². The molecule has 168 valence electrons. The molecule has 0 saturated heterocycles. The second kappa shape index (κ2) is 8.40. The van der Waals surface area contributed by atoms with Crippen LogP contribution in [0.5, 0.6) is 0 Å². The van der Waals surface area contributed by atoms with Gasteiger partial charge in [0.25, 0.3) is 11.5 Å². The number of hydrogen-bond acceptors (Lipinski definition) is 6. The zero-order valence-electron chi connectivity index (χ0n) is 18.3. The molecule has 0 atom stereocenters. The monoisotopic (exact) mass is 461 g/mol. The predicted molar refractivity (Wildman–Crippen MR) is 129 cm³/mol. The van der Waals surface area contributed by atoms with E-state index >= 15 is 0 Å². The molecule has 8 nitrogen and oxygen atoms in total. The van der Waals surface area contributed by atoms with Crippen LogP contribution in [0.3, 0.4) is 0 Å². The van der Waals surface area contributed by atoms with Crippen molar-refractivity contribution < 1.29 is 4.79 Å². The molecule has 0 bridgehead atoms. The molecule has 1 saturated carbocycles. The van der Waals surface area contributed by atoms with E-state index in [1.165, 1.54) is 15.9 Å². The van der Waals surface area contributed by atoms with Gasteiger partial charge in [0.15, 0.2) is 10.8 Å². The van der Waals surface area contributed by atoms with E-state index in [-0.39, 0.29) is 22.5 Å². The molecule has 3 heterocycles. The van der Waals surface area contributed by atoms with Gasteiger partial charge in [-0.15, -0.1) is 11.3 Å². The van der Waals surface area contributed by atoms with E-state index in [1.807, 2.05) is 43.5 Å². The average Bonchev–Trinajstić information content (AvgIpc) is 3.55. The molecule has 0 radical (unpaired) electrons. The molecular weight excluding hydrogens is 438 g/mol. The Morgan fingerprint density at radius 3 is 2.76 bits per heavy atom. The first-order valence-corrected chi connectivity index (χ1v) is 11.8. The van der Waals surface area contributed by atoms with Crippen molar-refractivity contribution in [3.63, 3.8) is 0 Å². The third-order valence-electron chi connectivity index (χ3n) is 5.80. The van der Waals surface area contributed by atoms with Crippen LogP contribution < -0.4 is 16.6 Å². The van der Waals surface area contributed by atoms with E-state index in [2.05, 4.69) is 20.3 Å². The molecule has 2 N–H and O–H groups in total. The van der Waals surface area contributed by atoms with Crippen LogP contribution in [-0.2, 0) is 6.54 Å². The molecule has 1 aliphatic carbocycles. The Labute approximate surface area is 193 Å². The lowest BCUT2D eigenvalue weighted by Gasteiger charge is -2.12. The van der Waals surface area contributed by atoms with Gasteiger partial charge in [-0.2, -0.15) is 0 Å². The largest absolute Gasteiger partial charge is 0.329 e. The van der Waals surface area contributed by atoms with Crippen molar-refractivity contribution in [2.75, 3.05) is 5.32 Å². The second-order valence-electron chi connectivity index (χ2n) is 8.29. The number of benzene rings is 1. The number of rotatable bonds is 6. The summed E-state index contributed by atoms with van der Waals surface area (Å²) in [5.74, 6) is -0.194. The van der Waals surface area contributed by atoms with Crippen LogP contribution in [0, 0.1) is 6.92 Å². The number of aromatic amines is 1. The Kier molecular flexibility index (Phi) is 5.41. The Hall–Kier alpha value is -3.59. The zero-order valence-corrected chi connectivity index (χ0v) is 19.2. The SMILES string of the molecule is CCCn1c(=O)[nH]c(=O)c2c(C(=O)Nc3nc(-c4ccccc4C)cs3)cc(C3CC3)nc21. The van der Waals surface area contributed by atoms with E-state index < -0.39 is 17.2 Å².